The zero-order chi connectivity index (χ0) is 21.2. The highest BCUT2D eigenvalue weighted by atomic mass is 16.5. The van der Waals surface area contributed by atoms with Crippen LogP contribution in [0.1, 0.15) is 79.6 Å². The lowest BCUT2D eigenvalue weighted by Gasteiger charge is -2.59. The van der Waals surface area contributed by atoms with Gasteiger partial charge in [0.05, 0.1) is 0 Å². The van der Waals surface area contributed by atoms with E-state index in [0.29, 0.717) is 23.5 Å². The van der Waals surface area contributed by atoms with Gasteiger partial charge in [-0.25, -0.2) is 0 Å². The number of allylic oxidation sites excluding steroid dienone is 1. The van der Waals surface area contributed by atoms with Gasteiger partial charge < -0.3 is 4.74 Å². The molecule has 0 heterocycles. The van der Waals surface area contributed by atoms with Gasteiger partial charge in [0.15, 0.2) is 11.6 Å². The molecule has 4 aliphatic rings. The summed E-state index contributed by atoms with van der Waals surface area (Å²) in [7, 11) is 0. The van der Waals surface area contributed by atoms with Crippen LogP contribution in [0, 0.1) is 39.9 Å². The van der Waals surface area contributed by atoms with Crippen LogP contribution in [0.4, 0.5) is 0 Å². The van der Waals surface area contributed by atoms with E-state index >= 15 is 0 Å². The Kier molecular flexibility index (Phi) is 4.87. The fraction of sp³-hybridized carbons (Fsp3) is 0.800. The average Bonchev–Trinajstić information content (AvgIpc) is 2.98. The van der Waals surface area contributed by atoms with E-state index in [1.54, 1.807) is 0 Å². The Hall–Kier alpha value is -1.45. The van der Waals surface area contributed by atoms with E-state index in [1.165, 1.54) is 12.5 Å². The summed E-state index contributed by atoms with van der Waals surface area (Å²) in [5.74, 6) is 1.84. The normalized spacial score (nSPS) is 42.9. The molecule has 4 aliphatic carbocycles. The quantitative estimate of drug-likeness (QED) is 0.632. The van der Waals surface area contributed by atoms with Gasteiger partial charge in [0.25, 0.3) is 0 Å². The zero-order valence-corrected chi connectivity index (χ0v) is 18.7. The standard InChI is InChI=1S/C25H36O4/c1-15(26)29-13-21(27)20-9-8-18-17-7-6-16-12-22(28)23(2,3)14-25(16,5)19(17)10-11-24(18,20)4/h12,17-20H,6-11,13-14H2,1-5H3/t17-,18-,19-,20+,24-,25-/m0/s1. The third-order valence-electron chi connectivity index (χ3n) is 9.32. The van der Waals surface area contributed by atoms with Crippen molar-refractivity contribution in [3.63, 3.8) is 0 Å². The minimum atomic E-state index is -0.379. The van der Waals surface area contributed by atoms with Crippen LogP contribution in [0.5, 0.6) is 0 Å². The lowest BCUT2D eigenvalue weighted by molar-refractivity contribution is -0.149. The predicted octanol–water partition coefficient (Wildman–Crippen LogP) is 4.90. The first kappa shape index (κ1) is 20.8. The van der Waals surface area contributed by atoms with Gasteiger partial charge in [-0.05, 0) is 79.6 Å². The molecule has 0 radical (unpaired) electrons. The molecule has 4 heteroatoms. The summed E-state index contributed by atoms with van der Waals surface area (Å²) in [6, 6.07) is 0. The molecule has 29 heavy (non-hydrogen) atoms. The maximum absolute atomic E-state index is 12.9. The van der Waals surface area contributed by atoms with E-state index in [9.17, 15) is 14.4 Å². The molecule has 0 saturated heterocycles. The van der Waals surface area contributed by atoms with Crippen LogP contribution in [0.3, 0.4) is 0 Å². The highest BCUT2D eigenvalue weighted by Gasteiger charge is 2.61. The topological polar surface area (TPSA) is 60.4 Å². The van der Waals surface area contributed by atoms with Crippen LogP contribution < -0.4 is 0 Å². The molecule has 0 N–H and O–H groups in total. The third-order valence-corrected chi connectivity index (χ3v) is 9.32. The Morgan fingerprint density at radius 1 is 1.07 bits per heavy atom. The van der Waals surface area contributed by atoms with E-state index in [1.807, 2.05) is 6.08 Å². The van der Waals surface area contributed by atoms with Crippen molar-refractivity contribution >= 4 is 17.5 Å². The number of Topliss-reactive ketones (excluding diaryl/α,β-unsaturated/α-hetero) is 1. The van der Waals surface area contributed by atoms with Crippen molar-refractivity contribution in [2.24, 2.45) is 39.9 Å². The van der Waals surface area contributed by atoms with E-state index < -0.39 is 0 Å². The molecule has 0 aliphatic heterocycles. The lowest BCUT2D eigenvalue weighted by atomic mass is 9.45. The van der Waals surface area contributed by atoms with Crippen molar-refractivity contribution in [1.29, 1.82) is 0 Å². The van der Waals surface area contributed by atoms with Gasteiger partial charge in [0, 0.05) is 18.3 Å². The molecule has 3 saturated carbocycles. The molecule has 6 atom stereocenters. The molecule has 3 fully saturated rings. The van der Waals surface area contributed by atoms with E-state index in [2.05, 4.69) is 27.7 Å². The molecule has 0 bridgehead atoms. The van der Waals surface area contributed by atoms with Gasteiger partial charge in [0.2, 0.25) is 0 Å². The summed E-state index contributed by atoms with van der Waals surface area (Å²) in [4.78, 5) is 36.6. The van der Waals surface area contributed by atoms with Crippen LogP contribution in [0.25, 0.3) is 0 Å². The monoisotopic (exact) mass is 400 g/mol. The van der Waals surface area contributed by atoms with E-state index in [-0.39, 0.29) is 40.5 Å². The summed E-state index contributed by atoms with van der Waals surface area (Å²) >= 11 is 0. The number of esters is 1. The zero-order valence-electron chi connectivity index (χ0n) is 18.7. The molecule has 4 nitrogen and oxygen atoms in total. The molecule has 0 aromatic carbocycles. The Balaban J connectivity index is 1.58. The van der Waals surface area contributed by atoms with Gasteiger partial charge in [-0.1, -0.05) is 33.3 Å². The molecule has 0 aromatic rings. The first-order valence-corrected chi connectivity index (χ1v) is 11.4. The number of ether oxygens (including phenoxy) is 1. The summed E-state index contributed by atoms with van der Waals surface area (Å²) in [6.45, 7) is 10.2. The second-order valence-electron chi connectivity index (χ2n) is 11.3. The maximum atomic E-state index is 12.9. The summed E-state index contributed by atoms with van der Waals surface area (Å²) < 4.78 is 5.04. The van der Waals surface area contributed by atoms with Crippen molar-refractivity contribution in [3.05, 3.63) is 11.6 Å². The number of rotatable bonds is 3. The van der Waals surface area contributed by atoms with Crippen molar-refractivity contribution in [1.82, 2.24) is 0 Å². The minimum Gasteiger partial charge on any atom is -0.458 e. The minimum absolute atomic E-state index is 0.0157. The number of ketones is 2. The molecular formula is C25H36O4. The average molecular weight is 401 g/mol. The number of carbonyl (C=O) groups excluding carboxylic acids is 3. The van der Waals surface area contributed by atoms with Crippen molar-refractivity contribution in [2.75, 3.05) is 6.61 Å². The number of hydrogen-bond donors (Lipinski definition) is 0. The van der Waals surface area contributed by atoms with E-state index in [4.69, 9.17) is 4.74 Å². The Bertz CT molecular complexity index is 778. The van der Waals surface area contributed by atoms with E-state index in [0.717, 1.165) is 44.9 Å². The second kappa shape index (κ2) is 6.78. The van der Waals surface area contributed by atoms with Gasteiger partial charge in [-0.3, -0.25) is 14.4 Å². The highest BCUT2D eigenvalue weighted by Crippen LogP contribution is 2.67. The SMILES string of the molecule is CC(=O)OCC(=O)[C@H]1CC[C@H]2[C@@H]3CCC4=CC(=O)C(C)(C)C[C@]4(C)[C@H]3CC[C@]12C. The Morgan fingerprint density at radius 2 is 1.79 bits per heavy atom. The van der Waals surface area contributed by atoms with Crippen LogP contribution in [-0.2, 0) is 19.1 Å². The fourth-order valence-electron chi connectivity index (χ4n) is 7.97. The smallest absolute Gasteiger partial charge is 0.303 e. The largest absolute Gasteiger partial charge is 0.458 e. The van der Waals surface area contributed by atoms with Gasteiger partial charge in [-0.15, -0.1) is 0 Å². The highest BCUT2D eigenvalue weighted by molar-refractivity contribution is 5.96. The van der Waals surface area contributed by atoms with Crippen LogP contribution in [0.15, 0.2) is 11.6 Å². The first-order chi connectivity index (χ1) is 13.5. The van der Waals surface area contributed by atoms with Crippen molar-refractivity contribution < 1.29 is 19.1 Å². The fourth-order valence-corrected chi connectivity index (χ4v) is 7.97. The van der Waals surface area contributed by atoms with Gasteiger partial charge in [-0.2, -0.15) is 0 Å². The van der Waals surface area contributed by atoms with Gasteiger partial charge >= 0.3 is 5.97 Å². The number of carbonyl (C=O) groups is 3. The van der Waals surface area contributed by atoms with Crippen LogP contribution in [0.2, 0.25) is 0 Å². The first-order valence-electron chi connectivity index (χ1n) is 11.4. The number of fused-ring (bicyclic) bond motifs is 5. The molecule has 4 rings (SSSR count). The summed E-state index contributed by atoms with van der Waals surface area (Å²) in [5, 5.41) is 0. The number of hydrogen-bond acceptors (Lipinski definition) is 4. The van der Waals surface area contributed by atoms with Gasteiger partial charge in [0.1, 0.15) is 6.61 Å². The lowest BCUT2D eigenvalue weighted by Crippen LogP contribution is -2.53. The Morgan fingerprint density at radius 3 is 2.48 bits per heavy atom. The molecule has 0 spiro atoms. The molecule has 0 unspecified atom stereocenters. The third kappa shape index (κ3) is 3.13. The second-order valence-corrected chi connectivity index (χ2v) is 11.3. The molecule has 160 valence electrons. The summed E-state index contributed by atoms with van der Waals surface area (Å²) in [5.41, 5.74) is 1.24. The van der Waals surface area contributed by atoms with Crippen LogP contribution >= 0.6 is 0 Å². The Labute approximate surface area is 174 Å². The molecular weight excluding hydrogens is 364 g/mol. The summed E-state index contributed by atoms with van der Waals surface area (Å²) in [6.07, 6.45) is 9.32. The van der Waals surface area contributed by atoms with Crippen molar-refractivity contribution in [2.45, 2.75) is 79.6 Å². The maximum Gasteiger partial charge on any atom is 0.303 e. The predicted molar refractivity (Wildman–Crippen MR) is 111 cm³/mol. The van der Waals surface area contributed by atoms with Crippen LogP contribution in [-0.4, -0.2) is 24.1 Å². The van der Waals surface area contributed by atoms with Crippen molar-refractivity contribution in [3.8, 4) is 0 Å². The molecule has 0 aromatic heterocycles. The molecule has 0 amide bonds.